The summed E-state index contributed by atoms with van der Waals surface area (Å²) in [4.78, 5) is 4.20. The molecular weight excluding hydrogens is 342 g/mol. The van der Waals surface area contributed by atoms with Crippen LogP contribution >= 0.6 is 0 Å². The van der Waals surface area contributed by atoms with Crippen molar-refractivity contribution in [2.45, 2.75) is 11.8 Å². The van der Waals surface area contributed by atoms with Crippen LogP contribution in [0.1, 0.15) is 5.56 Å². The summed E-state index contributed by atoms with van der Waals surface area (Å²) in [7, 11) is -3.99. The highest BCUT2D eigenvalue weighted by atomic mass is 32.2. The van der Waals surface area contributed by atoms with Crippen molar-refractivity contribution in [2.24, 2.45) is 5.14 Å². The number of sulfonamides is 1. The number of fused-ring (bicyclic) bond motifs is 1. The van der Waals surface area contributed by atoms with Crippen LogP contribution in [0.4, 0.5) is 0 Å². The molecule has 0 bridgehead atoms. The summed E-state index contributed by atoms with van der Waals surface area (Å²) in [5, 5.41) is 19.1. The van der Waals surface area contributed by atoms with E-state index in [0.717, 1.165) is 11.2 Å². The van der Waals surface area contributed by atoms with Crippen LogP contribution < -0.4 is 5.14 Å². The topological polar surface area (TPSA) is 132 Å². The second-order valence-corrected chi connectivity index (χ2v) is 7.04. The number of hydrogen-bond acceptors (Lipinski definition) is 6. The number of benzene rings is 1. The molecule has 10 heteroatoms. The zero-order valence-electron chi connectivity index (χ0n) is 13.1. The summed E-state index contributed by atoms with van der Waals surface area (Å²) in [6.45, 7) is 1.68. The smallest absolute Gasteiger partial charge is 0.239 e. The highest BCUT2D eigenvalue weighted by molar-refractivity contribution is 7.89. The number of primary sulfonamides is 1. The van der Waals surface area contributed by atoms with E-state index in [1.165, 1.54) is 0 Å². The lowest BCUT2D eigenvalue weighted by Gasteiger charge is -2.14. The summed E-state index contributed by atoms with van der Waals surface area (Å²) in [5.41, 5.74) is 3.06. The van der Waals surface area contributed by atoms with Gasteiger partial charge in [-0.15, -0.1) is 5.10 Å². The first-order chi connectivity index (χ1) is 11.9. The summed E-state index contributed by atoms with van der Waals surface area (Å²) in [5.74, 6) is 0.230. The Balaban J connectivity index is 2.09. The van der Waals surface area contributed by atoms with Crippen LogP contribution in [-0.2, 0) is 10.0 Å². The standard InChI is InChI=1S/C15H13N7O2S/c1-9-2-4-11(10-3-5-12-17-6-7-22(12)8-10)13(14(9)25(16,23)24)15-18-20-21-19-15/h2-8H,1H3,(H2,16,23,24)(H,18,19,20,21). The van der Waals surface area contributed by atoms with Crippen LogP contribution in [0.2, 0.25) is 0 Å². The molecule has 3 heterocycles. The number of H-pyrrole nitrogens is 1. The van der Waals surface area contributed by atoms with Crippen molar-refractivity contribution in [3.05, 3.63) is 48.4 Å². The summed E-state index contributed by atoms with van der Waals surface area (Å²) >= 11 is 0. The molecule has 0 saturated carbocycles. The van der Waals surface area contributed by atoms with Crippen LogP contribution in [0, 0.1) is 6.92 Å². The molecule has 3 aromatic heterocycles. The van der Waals surface area contributed by atoms with Crippen molar-refractivity contribution in [3.63, 3.8) is 0 Å². The molecule has 0 amide bonds. The molecule has 0 aliphatic heterocycles. The van der Waals surface area contributed by atoms with Gasteiger partial charge < -0.3 is 4.40 Å². The van der Waals surface area contributed by atoms with E-state index < -0.39 is 10.0 Å². The predicted molar refractivity (Wildman–Crippen MR) is 89.9 cm³/mol. The molecule has 0 fully saturated rings. The SMILES string of the molecule is Cc1ccc(-c2ccc3nccn3c2)c(-c2nnn[nH]2)c1S(N)(=O)=O. The van der Waals surface area contributed by atoms with Crippen molar-refractivity contribution in [3.8, 4) is 22.5 Å². The molecule has 4 rings (SSSR count). The van der Waals surface area contributed by atoms with Crippen molar-refractivity contribution in [2.75, 3.05) is 0 Å². The minimum atomic E-state index is -3.99. The molecule has 0 saturated heterocycles. The number of nitrogens with one attached hydrogen (secondary N) is 1. The maximum absolute atomic E-state index is 12.2. The van der Waals surface area contributed by atoms with Crippen molar-refractivity contribution >= 4 is 15.7 Å². The van der Waals surface area contributed by atoms with Gasteiger partial charge in [-0.1, -0.05) is 12.1 Å². The van der Waals surface area contributed by atoms with E-state index in [-0.39, 0.29) is 10.7 Å². The number of pyridine rings is 1. The van der Waals surface area contributed by atoms with Gasteiger partial charge in [-0.3, -0.25) is 0 Å². The lowest BCUT2D eigenvalue weighted by atomic mass is 9.98. The third-order valence-corrected chi connectivity index (χ3v) is 5.02. The van der Waals surface area contributed by atoms with Crippen LogP contribution in [0.15, 0.2) is 47.8 Å². The molecule has 1 aromatic carbocycles. The first-order valence-corrected chi connectivity index (χ1v) is 8.83. The van der Waals surface area contributed by atoms with Gasteiger partial charge in [0.15, 0.2) is 5.82 Å². The molecule has 0 aliphatic carbocycles. The number of aromatic nitrogens is 6. The monoisotopic (exact) mass is 355 g/mol. The quantitative estimate of drug-likeness (QED) is 0.566. The van der Waals surface area contributed by atoms with Crippen LogP contribution in [0.25, 0.3) is 28.2 Å². The number of hydrogen-bond donors (Lipinski definition) is 2. The number of aryl methyl sites for hydroxylation is 1. The normalized spacial score (nSPS) is 11.9. The molecule has 9 nitrogen and oxygen atoms in total. The Hall–Kier alpha value is -3.11. The Bertz CT molecular complexity index is 1180. The van der Waals surface area contributed by atoms with Crippen LogP contribution in [-0.4, -0.2) is 38.4 Å². The number of nitrogens with zero attached hydrogens (tertiary/aromatic N) is 5. The predicted octanol–water partition coefficient (Wildman–Crippen LogP) is 1.14. The maximum Gasteiger partial charge on any atom is 0.239 e. The first kappa shape index (κ1) is 15.4. The van der Waals surface area contributed by atoms with Gasteiger partial charge in [-0.05, 0) is 46.2 Å². The first-order valence-electron chi connectivity index (χ1n) is 7.29. The van der Waals surface area contributed by atoms with E-state index in [0.29, 0.717) is 16.7 Å². The number of aromatic amines is 1. The Morgan fingerprint density at radius 1 is 1.20 bits per heavy atom. The lowest BCUT2D eigenvalue weighted by molar-refractivity contribution is 0.597. The zero-order chi connectivity index (χ0) is 17.6. The average Bonchev–Trinajstić information content (AvgIpc) is 3.24. The number of tetrazole rings is 1. The number of imidazole rings is 1. The Kier molecular flexibility index (Phi) is 3.37. The van der Waals surface area contributed by atoms with Gasteiger partial charge in [0.05, 0.1) is 4.90 Å². The van der Waals surface area contributed by atoms with Gasteiger partial charge in [0, 0.05) is 24.2 Å². The maximum atomic E-state index is 12.2. The Labute approximate surface area is 142 Å². The minimum absolute atomic E-state index is 0.00530. The average molecular weight is 355 g/mol. The minimum Gasteiger partial charge on any atom is -0.306 e. The summed E-state index contributed by atoms with van der Waals surface area (Å²) < 4.78 is 26.3. The van der Waals surface area contributed by atoms with Crippen molar-refractivity contribution in [1.29, 1.82) is 0 Å². The second-order valence-electron chi connectivity index (χ2n) is 5.54. The van der Waals surface area contributed by atoms with Crippen molar-refractivity contribution < 1.29 is 8.42 Å². The fraction of sp³-hybridized carbons (Fsp3) is 0.0667. The molecule has 126 valence electrons. The number of rotatable bonds is 3. The third-order valence-electron chi connectivity index (χ3n) is 3.92. The van der Waals surface area contributed by atoms with Crippen LogP contribution in [0.5, 0.6) is 0 Å². The van der Waals surface area contributed by atoms with E-state index in [2.05, 4.69) is 25.6 Å². The highest BCUT2D eigenvalue weighted by Gasteiger charge is 2.24. The Morgan fingerprint density at radius 3 is 2.76 bits per heavy atom. The third kappa shape index (κ3) is 2.57. The van der Waals surface area contributed by atoms with Gasteiger partial charge in [0.2, 0.25) is 10.0 Å². The fourth-order valence-electron chi connectivity index (χ4n) is 2.87. The summed E-state index contributed by atoms with van der Waals surface area (Å²) in [6, 6.07) is 7.22. The van der Waals surface area contributed by atoms with Crippen molar-refractivity contribution in [1.82, 2.24) is 30.0 Å². The van der Waals surface area contributed by atoms with Gasteiger partial charge in [-0.2, -0.15) is 0 Å². The molecule has 0 unspecified atom stereocenters. The van der Waals surface area contributed by atoms with Gasteiger partial charge in [-0.25, -0.2) is 23.6 Å². The van der Waals surface area contributed by atoms with E-state index in [9.17, 15) is 8.42 Å². The molecule has 0 aliphatic rings. The molecule has 0 spiro atoms. The molecule has 3 N–H and O–H groups in total. The largest absolute Gasteiger partial charge is 0.306 e. The Morgan fingerprint density at radius 2 is 2.04 bits per heavy atom. The molecule has 25 heavy (non-hydrogen) atoms. The molecule has 4 aromatic rings. The van der Waals surface area contributed by atoms with E-state index in [1.54, 1.807) is 19.2 Å². The molecule has 0 radical (unpaired) electrons. The van der Waals surface area contributed by atoms with Crippen LogP contribution in [0.3, 0.4) is 0 Å². The zero-order valence-corrected chi connectivity index (χ0v) is 13.9. The molecule has 0 atom stereocenters. The molecular formula is C15H13N7O2S. The highest BCUT2D eigenvalue weighted by Crippen LogP contribution is 2.36. The van der Waals surface area contributed by atoms with Gasteiger partial charge >= 0.3 is 0 Å². The number of nitrogens with two attached hydrogens (primary N) is 1. The van der Waals surface area contributed by atoms with E-state index in [1.807, 2.05) is 35.0 Å². The van der Waals surface area contributed by atoms with Gasteiger partial charge in [0.25, 0.3) is 0 Å². The van der Waals surface area contributed by atoms with E-state index in [4.69, 9.17) is 5.14 Å². The van der Waals surface area contributed by atoms with E-state index >= 15 is 0 Å². The van der Waals surface area contributed by atoms with Gasteiger partial charge in [0.1, 0.15) is 5.65 Å². The second kappa shape index (κ2) is 5.46. The lowest BCUT2D eigenvalue weighted by Crippen LogP contribution is -2.16. The summed E-state index contributed by atoms with van der Waals surface area (Å²) in [6.07, 6.45) is 5.35. The fourth-order valence-corrected chi connectivity index (χ4v) is 3.88.